The Hall–Kier alpha value is -2.21. The van der Waals surface area contributed by atoms with Crippen molar-refractivity contribution in [3.63, 3.8) is 0 Å². The van der Waals surface area contributed by atoms with E-state index in [9.17, 15) is 0 Å². The van der Waals surface area contributed by atoms with Gasteiger partial charge in [0.15, 0.2) is 5.84 Å². The van der Waals surface area contributed by atoms with Gasteiger partial charge < -0.3 is 15.7 Å². The summed E-state index contributed by atoms with van der Waals surface area (Å²) in [4.78, 5) is 0. The summed E-state index contributed by atoms with van der Waals surface area (Å²) in [5.41, 5.74) is 6.75. The first-order valence-corrected chi connectivity index (χ1v) is 5.86. The van der Waals surface area contributed by atoms with Gasteiger partial charge in [-0.3, -0.25) is 4.68 Å². The molecule has 0 aliphatic heterocycles. The standard InChI is InChI=1S/C12H13ClN4O2/c1-17-5-4-8(15-17)7-19-9-2-3-10(11(13)6-9)12(14)16-18/h2-6,18H,7H2,1H3,(H2,14,16). The van der Waals surface area contributed by atoms with Gasteiger partial charge in [-0.1, -0.05) is 16.8 Å². The molecule has 1 aromatic carbocycles. The third kappa shape index (κ3) is 3.17. The molecule has 0 fully saturated rings. The number of rotatable bonds is 4. The number of oxime groups is 1. The van der Waals surface area contributed by atoms with E-state index in [2.05, 4.69) is 10.3 Å². The number of nitrogens with two attached hydrogens (primary N) is 1. The minimum atomic E-state index is -0.0405. The molecular formula is C12H13ClN4O2. The third-order valence-corrected chi connectivity index (χ3v) is 2.79. The van der Waals surface area contributed by atoms with Gasteiger partial charge in [0.05, 0.1) is 10.7 Å². The minimum Gasteiger partial charge on any atom is -0.487 e. The zero-order valence-corrected chi connectivity index (χ0v) is 11.0. The molecule has 2 aromatic rings. The van der Waals surface area contributed by atoms with Crippen LogP contribution in [-0.4, -0.2) is 20.8 Å². The highest BCUT2D eigenvalue weighted by molar-refractivity contribution is 6.34. The lowest BCUT2D eigenvalue weighted by Gasteiger charge is -2.07. The van der Waals surface area contributed by atoms with Crippen molar-refractivity contribution in [3.05, 3.63) is 46.7 Å². The minimum absolute atomic E-state index is 0.0405. The second-order valence-corrected chi connectivity index (χ2v) is 4.30. The lowest BCUT2D eigenvalue weighted by atomic mass is 10.2. The molecule has 0 aliphatic rings. The monoisotopic (exact) mass is 280 g/mol. The molecule has 0 atom stereocenters. The Morgan fingerprint density at radius 2 is 2.32 bits per heavy atom. The molecular weight excluding hydrogens is 268 g/mol. The van der Waals surface area contributed by atoms with Crippen LogP contribution in [0.4, 0.5) is 0 Å². The number of nitrogens with zero attached hydrogens (tertiary/aromatic N) is 3. The van der Waals surface area contributed by atoms with Gasteiger partial charge >= 0.3 is 0 Å². The highest BCUT2D eigenvalue weighted by Gasteiger charge is 2.07. The van der Waals surface area contributed by atoms with E-state index in [1.807, 2.05) is 19.3 Å². The Balaban J connectivity index is 2.08. The fourth-order valence-electron chi connectivity index (χ4n) is 1.54. The number of hydrogen-bond acceptors (Lipinski definition) is 4. The summed E-state index contributed by atoms with van der Waals surface area (Å²) in [6.45, 7) is 0.347. The predicted molar refractivity (Wildman–Crippen MR) is 71.5 cm³/mol. The molecule has 0 aliphatic carbocycles. The molecule has 0 spiro atoms. The molecule has 0 unspecified atom stereocenters. The van der Waals surface area contributed by atoms with Gasteiger partial charge in [0.1, 0.15) is 12.4 Å². The Labute approximate surface area is 115 Å². The van der Waals surface area contributed by atoms with E-state index >= 15 is 0 Å². The first kappa shape index (κ1) is 13.2. The summed E-state index contributed by atoms with van der Waals surface area (Å²) >= 11 is 6.02. The Kier molecular flexibility index (Phi) is 3.91. The lowest BCUT2D eigenvalue weighted by Crippen LogP contribution is -2.13. The predicted octanol–water partition coefficient (Wildman–Crippen LogP) is 1.75. The van der Waals surface area contributed by atoms with E-state index in [1.54, 1.807) is 22.9 Å². The van der Waals surface area contributed by atoms with Crippen molar-refractivity contribution in [1.29, 1.82) is 0 Å². The number of amidine groups is 1. The van der Waals surface area contributed by atoms with Crippen LogP contribution in [-0.2, 0) is 13.7 Å². The Morgan fingerprint density at radius 1 is 1.53 bits per heavy atom. The average Bonchev–Trinajstić information content (AvgIpc) is 2.81. The molecule has 19 heavy (non-hydrogen) atoms. The summed E-state index contributed by atoms with van der Waals surface area (Å²) in [5.74, 6) is 0.548. The molecule has 7 heteroatoms. The zero-order valence-electron chi connectivity index (χ0n) is 10.2. The molecule has 1 heterocycles. The number of aryl methyl sites for hydroxylation is 1. The van der Waals surface area contributed by atoms with Crippen molar-refractivity contribution >= 4 is 17.4 Å². The van der Waals surface area contributed by atoms with Gasteiger partial charge in [0.25, 0.3) is 0 Å². The summed E-state index contributed by atoms with van der Waals surface area (Å²) < 4.78 is 7.25. The second-order valence-electron chi connectivity index (χ2n) is 3.90. The van der Waals surface area contributed by atoms with Crippen LogP contribution in [0.25, 0.3) is 0 Å². The Bertz CT molecular complexity index is 610. The van der Waals surface area contributed by atoms with Crippen molar-refractivity contribution in [2.45, 2.75) is 6.61 Å². The molecule has 1 aromatic heterocycles. The fourth-order valence-corrected chi connectivity index (χ4v) is 1.81. The SMILES string of the molecule is Cn1ccc(COc2ccc(/C(N)=N/O)c(Cl)c2)n1. The average molecular weight is 281 g/mol. The number of benzene rings is 1. The molecule has 6 nitrogen and oxygen atoms in total. The maximum Gasteiger partial charge on any atom is 0.171 e. The molecule has 2 rings (SSSR count). The largest absolute Gasteiger partial charge is 0.487 e. The first-order chi connectivity index (χ1) is 9.10. The van der Waals surface area contributed by atoms with Crippen molar-refractivity contribution in [2.75, 3.05) is 0 Å². The first-order valence-electron chi connectivity index (χ1n) is 5.49. The lowest BCUT2D eigenvalue weighted by molar-refractivity contribution is 0.300. The molecule has 0 radical (unpaired) electrons. The van der Waals surface area contributed by atoms with E-state index in [0.29, 0.717) is 22.9 Å². The van der Waals surface area contributed by atoms with E-state index in [4.69, 9.17) is 27.3 Å². The summed E-state index contributed by atoms with van der Waals surface area (Å²) in [7, 11) is 1.84. The highest BCUT2D eigenvalue weighted by atomic mass is 35.5. The van der Waals surface area contributed by atoms with Crippen molar-refractivity contribution in [1.82, 2.24) is 9.78 Å². The van der Waals surface area contributed by atoms with E-state index in [1.165, 1.54) is 0 Å². The number of halogens is 1. The van der Waals surface area contributed by atoms with Crippen molar-refractivity contribution < 1.29 is 9.94 Å². The van der Waals surface area contributed by atoms with Gasteiger partial charge in [-0.25, -0.2) is 0 Å². The molecule has 0 amide bonds. The Morgan fingerprint density at radius 3 is 2.89 bits per heavy atom. The van der Waals surface area contributed by atoms with Crippen LogP contribution in [0.1, 0.15) is 11.3 Å². The smallest absolute Gasteiger partial charge is 0.171 e. The molecule has 0 saturated heterocycles. The molecule has 100 valence electrons. The van der Waals surface area contributed by atoms with Gasteiger partial charge in [-0.2, -0.15) is 5.10 Å². The normalized spacial score (nSPS) is 11.6. The quantitative estimate of drug-likeness (QED) is 0.387. The van der Waals surface area contributed by atoms with Crippen LogP contribution in [0.3, 0.4) is 0 Å². The topological polar surface area (TPSA) is 85.7 Å². The summed E-state index contributed by atoms with van der Waals surface area (Å²) in [6, 6.07) is 6.80. The van der Waals surface area contributed by atoms with Crippen LogP contribution < -0.4 is 10.5 Å². The van der Waals surface area contributed by atoms with Gasteiger partial charge in [-0.05, 0) is 24.3 Å². The van der Waals surface area contributed by atoms with Crippen LogP contribution in [0.15, 0.2) is 35.6 Å². The van der Waals surface area contributed by atoms with Gasteiger partial charge in [0, 0.05) is 18.8 Å². The fraction of sp³-hybridized carbons (Fsp3) is 0.167. The molecule has 0 bridgehead atoms. The maximum atomic E-state index is 8.60. The van der Waals surface area contributed by atoms with E-state index in [0.717, 1.165) is 5.69 Å². The van der Waals surface area contributed by atoms with Crippen molar-refractivity contribution in [2.24, 2.45) is 17.9 Å². The van der Waals surface area contributed by atoms with E-state index in [-0.39, 0.29) is 5.84 Å². The van der Waals surface area contributed by atoms with Gasteiger partial charge in [0.2, 0.25) is 0 Å². The highest BCUT2D eigenvalue weighted by Crippen LogP contribution is 2.23. The second kappa shape index (κ2) is 5.62. The number of ether oxygens (including phenoxy) is 1. The van der Waals surface area contributed by atoms with Crippen LogP contribution in [0, 0.1) is 0 Å². The zero-order chi connectivity index (χ0) is 13.8. The maximum absolute atomic E-state index is 8.60. The molecule has 0 saturated carbocycles. The van der Waals surface area contributed by atoms with Crippen LogP contribution in [0.5, 0.6) is 5.75 Å². The van der Waals surface area contributed by atoms with E-state index < -0.39 is 0 Å². The third-order valence-electron chi connectivity index (χ3n) is 2.48. The number of aromatic nitrogens is 2. The van der Waals surface area contributed by atoms with Crippen LogP contribution in [0.2, 0.25) is 5.02 Å². The van der Waals surface area contributed by atoms with Crippen LogP contribution >= 0.6 is 11.6 Å². The summed E-state index contributed by atoms with van der Waals surface area (Å²) in [6.07, 6.45) is 1.84. The summed E-state index contributed by atoms with van der Waals surface area (Å²) in [5, 5.41) is 16.0. The number of hydrogen-bond donors (Lipinski definition) is 2. The van der Waals surface area contributed by atoms with Crippen molar-refractivity contribution in [3.8, 4) is 5.75 Å². The molecule has 3 N–H and O–H groups in total. The van der Waals surface area contributed by atoms with Gasteiger partial charge in [-0.15, -0.1) is 0 Å².